The number of benzene rings is 3. The van der Waals surface area contributed by atoms with Gasteiger partial charge in [-0.1, -0.05) is 65.8 Å². The maximum absolute atomic E-state index is 6.36. The number of hydrogen-bond acceptors (Lipinski definition) is 6. The van der Waals surface area contributed by atoms with Crippen LogP contribution in [0.1, 0.15) is 72.9 Å². The van der Waals surface area contributed by atoms with Crippen LogP contribution in [0.2, 0.25) is 0 Å². The van der Waals surface area contributed by atoms with E-state index in [4.69, 9.17) is 14.7 Å². The van der Waals surface area contributed by atoms with E-state index in [1.807, 2.05) is 13.0 Å². The van der Waals surface area contributed by atoms with Crippen LogP contribution in [0.25, 0.3) is 33.8 Å². The molecule has 0 bridgehead atoms. The zero-order chi connectivity index (χ0) is 24.6. The third-order valence-electron chi connectivity index (χ3n) is 7.61. The van der Waals surface area contributed by atoms with Gasteiger partial charge in [-0.25, -0.2) is 4.98 Å². The molecule has 0 radical (unpaired) electrons. The van der Waals surface area contributed by atoms with Gasteiger partial charge in [0.25, 0.3) is 5.89 Å². The number of aryl methyl sites for hydroxylation is 1. The van der Waals surface area contributed by atoms with Crippen LogP contribution in [0.4, 0.5) is 0 Å². The molecule has 0 spiro atoms. The minimum absolute atomic E-state index is 0.0127. The third kappa shape index (κ3) is 4.11. The summed E-state index contributed by atoms with van der Waals surface area (Å²) in [5.41, 5.74) is 12.1. The lowest BCUT2D eigenvalue weighted by Crippen LogP contribution is -2.14. The topological polar surface area (TPSA) is 91.0 Å². The lowest BCUT2D eigenvalue weighted by atomic mass is 9.74. The highest BCUT2D eigenvalue weighted by molar-refractivity contribution is 5.87. The van der Waals surface area contributed by atoms with Gasteiger partial charge < -0.3 is 14.7 Å². The molecule has 182 valence electrons. The number of nitrogens with zero attached hydrogens (tertiary/aromatic N) is 3. The maximum atomic E-state index is 6.36. The van der Waals surface area contributed by atoms with Crippen LogP contribution >= 0.6 is 0 Å². The Kier molecular flexibility index (Phi) is 5.89. The molecule has 0 amide bonds. The van der Waals surface area contributed by atoms with Crippen molar-refractivity contribution in [2.75, 3.05) is 0 Å². The molecule has 6 nitrogen and oxygen atoms in total. The first kappa shape index (κ1) is 22.7. The Morgan fingerprint density at radius 2 is 1.69 bits per heavy atom. The average Bonchev–Trinajstić information content (AvgIpc) is 3.57. The third-order valence-corrected chi connectivity index (χ3v) is 7.61. The van der Waals surface area contributed by atoms with E-state index in [0.717, 1.165) is 36.9 Å². The second-order valence-corrected chi connectivity index (χ2v) is 9.95. The van der Waals surface area contributed by atoms with Crippen molar-refractivity contribution >= 4 is 10.8 Å². The molecule has 0 unspecified atom stereocenters. The molecule has 1 atom stereocenters. The van der Waals surface area contributed by atoms with Crippen molar-refractivity contribution in [1.29, 1.82) is 0 Å². The van der Waals surface area contributed by atoms with Gasteiger partial charge >= 0.3 is 0 Å². The second-order valence-electron chi connectivity index (χ2n) is 9.95. The first-order valence-electron chi connectivity index (χ1n) is 12.7. The molecule has 1 saturated carbocycles. The van der Waals surface area contributed by atoms with E-state index in [1.165, 1.54) is 33.9 Å². The summed E-state index contributed by atoms with van der Waals surface area (Å²) in [5, 5.41) is 6.82. The Bertz CT molecular complexity index is 1510. The van der Waals surface area contributed by atoms with Gasteiger partial charge in [0.05, 0.1) is 5.69 Å². The normalized spacial score (nSPS) is 19.0. The Labute approximate surface area is 210 Å². The van der Waals surface area contributed by atoms with E-state index < -0.39 is 0 Å². The molecule has 3 aromatic carbocycles. The van der Waals surface area contributed by atoms with Crippen molar-refractivity contribution in [3.63, 3.8) is 0 Å². The Balaban J connectivity index is 1.24. The van der Waals surface area contributed by atoms with Gasteiger partial charge in [-0.3, -0.25) is 0 Å². The second kappa shape index (κ2) is 9.36. The Hall–Kier alpha value is -3.77. The van der Waals surface area contributed by atoms with E-state index in [0.29, 0.717) is 29.3 Å². The number of rotatable bonds is 5. The lowest BCUT2D eigenvalue weighted by Gasteiger charge is -2.30. The Morgan fingerprint density at radius 1 is 0.944 bits per heavy atom. The minimum Gasteiger partial charge on any atom is -0.438 e. The molecule has 1 aliphatic carbocycles. The number of fused-ring (bicyclic) bond motifs is 1. The fourth-order valence-corrected chi connectivity index (χ4v) is 5.70. The number of oxazole rings is 1. The van der Waals surface area contributed by atoms with E-state index >= 15 is 0 Å². The highest BCUT2D eigenvalue weighted by Gasteiger charge is 2.27. The van der Waals surface area contributed by atoms with Gasteiger partial charge in [0.15, 0.2) is 6.39 Å². The molecular formula is C30H30N4O2. The van der Waals surface area contributed by atoms with E-state index in [2.05, 4.69) is 76.6 Å². The van der Waals surface area contributed by atoms with Crippen molar-refractivity contribution in [1.82, 2.24) is 15.1 Å². The van der Waals surface area contributed by atoms with Gasteiger partial charge in [0.2, 0.25) is 11.6 Å². The van der Waals surface area contributed by atoms with Crippen LogP contribution in [0.15, 0.2) is 76.0 Å². The molecule has 1 fully saturated rings. The summed E-state index contributed by atoms with van der Waals surface area (Å²) >= 11 is 0. The summed E-state index contributed by atoms with van der Waals surface area (Å²) in [6.07, 6.45) is 5.92. The molecule has 0 saturated heterocycles. The SMILES string of the molecule is Cc1ncoc1-c1nc(-c2ccccc2C2CCC(c3cc([C@@H](C)N)c4ccccc4c3)CC2)no1. The van der Waals surface area contributed by atoms with E-state index in [1.54, 1.807) is 0 Å². The molecule has 2 heterocycles. The zero-order valence-electron chi connectivity index (χ0n) is 20.6. The van der Waals surface area contributed by atoms with Crippen LogP contribution in [-0.4, -0.2) is 15.1 Å². The van der Waals surface area contributed by atoms with Crippen molar-refractivity contribution < 1.29 is 8.94 Å². The van der Waals surface area contributed by atoms with Crippen molar-refractivity contribution in [3.8, 4) is 23.0 Å². The van der Waals surface area contributed by atoms with Crippen molar-refractivity contribution in [2.24, 2.45) is 5.73 Å². The summed E-state index contributed by atoms with van der Waals surface area (Å²) < 4.78 is 11.0. The standard InChI is InChI=1S/C30H30N4O2/c1-18(31)27-16-23(15-22-7-3-4-9-25(22)27)20-11-13-21(14-12-20)24-8-5-6-10-26(24)29-33-30(36-34-29)28-19(2)32-17-35-28/h3-10,15-18,20-21H,11-14,31H2,1-2H3/t18-,20?,21?/m1/s1. The first-order chi connectivity index (χ1) is 17.6. The lowest BCUT2D eigenvalue weighted by molar-refractivity contribution is 0.396. The van der Waals surface area contributed by atoms with Crippen LogP contribution in [0.3, 0.4) is 0 Å². The number of aromatic nitrogens is 3. The van der Waals surface area contributed by atoms with Gasteiger partial charge in [0, 0.05) is 11.6 Å². The number of hydrogen-bond donors (Lipinski definition) is 1. The minimum atomic E-state index is 0.0127. The van der Waals surface area contributed by atoms with Gasteiger partial charge in [0.1, 0.15) is 0 Å². The Morgan fingerprint density at radius 3 is 2.47 bits per heavy atom. The molecule has 6 heteroatoms. The molecule has 6 rings (SSSR count). The molecule has 1 aliphatic rings. The molecule has 2 N–H and O–H groups in total. The van der Waals surface area contributed by atoms with Crippen LogP contribution < -0.4 is 5.73 Å². The predicted octanol–water partition coefficient (Wildman–Crippen LogP) is 7.31. The first-order valence-corrected chi connectivity index (χ1v) is 12.7. The average molecular weight is 479 g/mol. The summed E-state index contributed by atoms with van der Waals surface area (Å²) in [6.45, 7) is 3.94. The molecule has 36 heavy (non-hydrogen) atoms. The molecular weight excluding hydrogens is 448 g/mol. The molecule has 5 aromatic rings. The monoisotopic (exact) mass is 478 g/mol. The van der Waals surface area contributed by atoms with E-state index in [9.17, 15) is 0 Å². The van der Waals surface area contributed by atoms with Gasteiger partial charge in [-0.05, 0) is 78.8 Å². The summed E-state index contributed by atoms with van der Waals surface area (Å²) in [7, 11) is 0. The smallest absolute Gasteiger partial charge is 0.295 e. The summed E-state index contributed by atoms with van der Waals surface area (Å²) in [4.78, 5) is 8.76. The zero-order valence-corrected chi connectivity index (χ0v) is 20.6. The van der Waals surface area contributed by atoms with Crippen LogP contribution in [0.5, 0.6) is 0 Å². The largest absolute Gasteiger partial charge is 0.438 e. The predicted molar refractivity (Wildman–Crippen MR) is 140 cm³/mol. The number of nitrogens with two attached hydrogens (primary N) is 1. The van der Waals surface area contributed by atoms with E-state index in [-0.39, 0.29) is 6.04 Å². The van der Waals surface area contributed by atoms with Gasteiger partial charge in [-0.2, -0.15) is 4.98 Å². The molecule has 0 aliphatic heterocycles. The van der Waals surface area contributed by atoms with Crippen molar-refractivity contribution in [3.05, 3.63) is 89.4 Å². The maximum Gasteiger partial charge on any atom is 0.295 e. The highest BCUT2D eigenvalue weighted by Crippen LogP contribution is 2.44. The van der Waals surface area contributed by atoms with Crippen LogP contribution in [0, 0.1) is 6.92 Å². The molecule has 2 aromatic heterocycles. The summed E-state index contributed by atoms with van der Waals surface area (Å²) in [6, 6.07) is 21.7. The van der Waals surface area contributed by atoms with Crippen molar-refractivity contribution in [2.45, 2.75) is 57.4 Å². The van der Waals surface area contributed by atoms with Gasteiger partial charge in [-0.15, -0.1) is 0 Å². The summed E-state index contributed by atoms with van der Waals surface area (Å²) in [5.74, 6) is 2.48. The fourth-order valence-electron chi connectivity index (χ4n) is 5.70. The highest BCUT2D eigenvalue weighted by atomic mass is 16.5. The fraction of sp³-hybridized carbons (Fsp3) is 0.300. The quantitative estimate of drug-likeness (QED) is 0.285. The van der Waals surface area contributed by atoms with Crippen LogP contribution in [-0.2, 0) is 0 Å².